The Kier molecular flexibility index (Phi) is 6.97. The number of pyridine rings is 1. The van der Waals surface area contributed by atoms with Crippen LogP contribution in [0.25, 0.3) is 0 Å². The van der Waals surface area contributed by atoms with Crippen molar-refractivity contribution in [3.8, 4) is 0 Å². The fourth-order valence-corrected chi connectivity index (χ4v) is 2.93. The first kappa shape index (κ1) is 18.6. The lowest BCUT2D eigenvalue weighted by atomic mass is 10.1. The lowest BCUT2D eigenvalue weighted by molar-refractivity contribution is 0.165. The first-order chi connectivity index (χ1) is 11.5. The molecule has 0 aliphatic rings. The molecule has 0 aliphatic carbocycles. The Hall–Kier alpha value is -1.69. The largest absolute Gasteiger partial charge is 0.383 e. The van der Waals surface area contributed by atoms with Gasteiger partial charge in [-0.15, -0.1) is 0 Å². The maximum Gasteiger partial charge on any atom is 0.174 e. The van der Waals surface area contributed by atoms with Crippen LogP contribution in [0.1, 0.15) is 24.1 Å². The van der Waals surface area contributed by atoms with E-state index in [9.17, 15) is 0 Å². The summed E-state index contributed by atoms with van der Waals surface area (Å²) in [6.45, 7) is 5.34. The Morgan fingerprint density at radius 3 is 2.83 bits per heavy atom. The van der Waals surface area contributed by atoms with Crippen LogP contribution in [0.15, 0.2) is 42.7 Å². The third-order valence-corrected chi connectivity index (χ3v) is 4.69. The molecule has 0 fully saturated rings. The number of nitrogens with one attached hydrogen (secondary N) is 1. The van der Waals surface area contributed by atoms with Crippen molar-refractivity contribution in [1.29, 1.82) is 0 Å². The number of thiocarbonyl (C=S) groups is 1. The van der Waals surface area contributed by atoms with Gasteiger partial charge in [-0.2, -0.15) is 0 Å². The van der Waals surface area contributed by atoms with Crippen molar-refractivity contribution in [2.45, 2.75) is 19.9 Å². The highest BCUT2D eigenvalue weighted by molar-refractivity contribution is 7.80. The fourth-order valence-electron chi connectivity index (χ4n) is 2.39. The van der Waals surface area contributed by atoms with Crippen LogP contribution in [-0.4, -0.2) is 35.3 Å². The van der Waals surface area contributed by atoms with Crippen LogP contribution in [0.3, 0.4) is 0 Å². The number of hydrogen-bond donors (Lipinski definition) is 1. The van der Waals surface area contributed by atoms with Crippen molar-refractivity contribution < 1.29 is 4.74 Å². The Morgan fingerprint density at radius 1 is 1.38 bits per heavy atom. The van der Waals surface area contributed by atoms with Gasteiger partial charge < -0.3 is 15.0 Å². The van der Waals surface area contributed by atoms with Crippen LogP contribution in [0.4, 0.5) is 5.69 Å². The predicted molar refractivity (Wildman–Crippen MR) is 104 cm³/mol. The Labute approximate surface area is 153 Å². The van der Waals surface area contributed by atoms with Gasteiger partial charge in [0.05, 0.1) is 12.6 Å². The first-order valence-electron chi connectivity index (χ1n) is 7.76. The number of methoxy groups -OCH3 is 1. The lowest BCUT2D eigenvalue weighted by Gasteiger charge is -2.32. The van der Waals surface area contributed by atoms with E-state index >= 15 is 0 Å². The molecule has 2 rings (SSSR count). The smallest absolute Gasteiger partial charge is 0.174 e. The molecule has 1 heterocycles. The number of anilines is 1. The molecule has 2 aromatic rings. The third kappa shape index (κ3) is 4.66. The molecule has 1 unspecified atom stereocenters. The average molecular weight is 364 g/mol. The highest BCUT2D eigenvalue weighted by Gasteiger charge is 2.19. The van der Waals surface area contributed by atoms with Gasteiger partial charge in [-0.3, -0.25) is 4.98 Å². The minimum atomic E-state index is 0.0772. The van der Waals surface area contributed by atoms with E-state index in [4.69, 9.17) is 28.6 Å². The Balaban J connectivity index is 2.20. The molecule has 1 aromatic carbocycles. The maximum atomic E-state index is 6.19. The summed E-state index contributed by atoms with van der Waals surface area (Å²) in [7, 11) is 1.69. The number of nitrogens with zero attached hydrogens (tertiary/aromatic N) is 2. The second-order valence-corrected chi connectivity index (χ2v) is 6.28. The average Bonchev–Trinajstić information content (AvgIpc) is 2.60. The molecule has 0 saturated carbocycles. The summed E-state index contributed by atoms with van der Waals surface area (Å²) in [4.78, 5) is 6.29. The Bertz CT molecular complexity index is 681. The number of halogens is 1. The number of hydrogen-bond acceptors (Lipinski definition) is 3. The number of aromatic nitrogens is 1. The quantitative estimate of drug-likeness (QED) is 0.767. The topological polar surface area (TPSA) is 37.4 Å². The first-order valence-corrected chi connectivity index (χ1v) is 8.54. The summed E-state index contributed by atoms with van der Waals surface area (Å²) in [6, 6.07) is 9.80. The van der Waals surface area contributed by atoms with E-state index in [0.717, 1.165) is 16.8 Å². The van der Waals surface area contributed by atoms with Crippen molar-refractivity contribution in [3.05, 3.63) is 58.9 Å². The lowest BCUT2D eigenvalue weighted by Crippen LogP contribution is -2.39. The van der Waals surface area contributed by atoms with E-state index < -0.39 is 0 Å². The molecular formula is C18H22ClN3OS. The SMILES string of the molecule is COCCN(C(=S)Nc1cccc(Cl)c1C)C(C)c1cccnc1. The van der Waals surface area contributed by atoms with E-state index in [-0.39, 0.29) is 6.04 Å². The molecule has 1 N–H and O–H groups in total. The van der Waals surface area contributed by atoms with Crippen LogP contribution in [-0.2, 0) is 4.74 Å². The molecule has 0 saturated heterocycles. The van der Waals surface area contributed by atoms with E-state index in [1.54, 1.807) is 13.3 Å². The minimum Gasteiger partial charge on any atom is -0.383 e. The zero-order chi connectivity index (χ0) is 17.5. The van der Waals surface area contributed by atoms with Gasteiger partial charge in [0.15, 0.2) is 5.11 Å². The second-order valence-electron chi connectivity index (χ2n) is 5.49. The van der Waals surface area contributed by atoms with E-state index in [1.807, 2.05) is 43.5 Å². The number of ether oxygens (including phenoxy) is 1. The van der Waals surface area contributed by atoms with Gasteiger partial charge in [0, 0.05) is 36.8 Å². The summed E-state index contributed by atoms with van der Waals surface area (Å²) < 4.78 is 5.24. The highest BCUT2D eigenvalue weighted by Crippen LogP contribution is 2.25. The molecule has 0 bridgehead atoms. The summed E-state index contributed by atoms with van der Waals surface area (Å²) >= 11 is 11.8. The van der Waals surface area contributed by atoms with E-state index in [2.05, 4.69) is 22.1 Å². The van der Waals surface area contributed by atoms with E-state index in [0.29, 0.717) is 23.3 Å². The van der Waals surface area contributed by atoms with Gasteiger partial charge in [0.2, 0.25) is 0 Å². The van der Waals surface area contributed by atoms with Gasteiger partial charge >= 0.3 is 0 Å². The van der Waals surface area contributed by atoms with Crippen LogP contribution >= 0.6 is 23.8 Å². The molecule has 0 spiro atoms. The fraction of sp³-hybridized carbons (Fsp3) is 0.333. The Morgan fingerprint density at radius 2 is 2.17 bits per heavy atom. The van der Waals surface area contributed by atoms with Crippen LogP contribution < -0.4 is 5.32 Å². The molecule has 6 heteroatoms. The van der Waals surface area contributed by atoms with Crippen molar-refractivity contribution in [2.24, 2.45) is 0 Å². The molecule has 1 atom stereocenters. The highest BCUT2D eigenvalue weighted by atomic mass is 35.5. The van der Waals surface area contributed by atoms with Gasteiger partial charge in [-0.25, -0.2) is 0 Å². The predicted octanol–water partition coefficient (Wildman–Crippen LogP) is 4.45. The zero-order valence-electron chi connectivity index (χ0n) is 14.1. The van der Waals surface area contributed by atoms with Crippen LogP contribution in [0, 0.1) is 6.92 Å². The monoisotopic (exact) mass is 363 g/mol. The van der Waals surface area contributed by atoms with Gasteiger partial charge in [-0.05, 0) is 55.4 Å². The molecule has 0 amide bonds. The normalized spacial score (nSPS) is 11.8. The molecule has 128 valence electrons. The van der Waals surface area contributed by atoms with Gasteiger partial charge in [0.25, 0.3) is 0 Å². The van der Waals surface area contributed by atoms with Crippen molar-refractivity contribution in [3.63, 3.8) is 0 Å². The summed E-state index contributed by atoms with van der Waals surface area (Å²) in [5.41, 5.74) is 2.98. The van der Waals surface area contributed by atoms with Crippen LogP contribution in [0.5, 0.6) is 0 Å². The zero-order valence-corrected chi connectivity index (χ0v) is 15.7. The molecule has 0 aliphatic heterocycles. The van der Waals surface area contributed by atoms with E-state index in [1.165, 1.54) is 0 Å². The second kappa shape index (κ2) is 8.97. The summed E-state index contributed by atoms with van der Waals surface area (Å²) in [5.74, 6) is 0. The third-order valence-electron chi connectivity index (χ3n) is 3.94. The molecular weight excluding hydrogens is 342 g/mol. The van der Waals surface area contributed by atoms with Crippen molar-refractivity contribution in [1.82, 2.24) is 9.88 Å². The molecule has 4 nitrogen and oxygen atoms in total. The van der Waals surface area contributed by atoms with Crippen LogP contribution in [0.2, 0.25) is 5.02 Å². The van der Waals surface area contributed by atoms with Gasteiger partial charge in [0.1, 0.15) is 0 Å². The summed E-state index contributed by atoms with van der Waals surface area (Å²) in [6.07, 6.45) is 3.62. The summed E-state index contributed by atoms with van der Waals surface area (Å²) in [5, 5.41) is 4.66. The molecule has 24 heavy (non-hydrogen) atoms. The van der Waals surface area contributed by atoms with Gasteiger partial charge in [-0.1, -0.05) is 23.7 Å². The molecule has 0 radical (unpaired) electrons. The van der Waals surface area contributed by atoms with Crippen molar-refractivity contribution >= 4 is 34.6 Å². The number of benzene rings is 1. The minimum absolute atomic E-state index is 0.0772. The number of rotatable bonds is 6. The van der Waals surface area contributed by atoms with Crippen molar-refractivity contribution in [2.75, 3.05) is 25.6 Å². The maximum absolute atomic E-state index is 6.19. The molecule has 1 aromatic heterocycles. The standard InChI is InChI=1S/C18H22ClN3OS/c1-13-16(19)7-4-8-17(13)21-18(24)22(10-11-23-3)14(2)15-6-5-9-20-12-15/h4-9,12,14H,10-11H2,1-3H3,(H,21,24).